The van der Waals surface area contributed by atoms with Gasteiger partial charge in [-0.05, 0) is 31.8 Å². The number of fused-ring (bicyclic) bond motifs is 4. The summed E-state index contributed by atoms with van der Waals surface area (Å²) in [7, 11) is 0. The SMILES string of the molecule is Nc1nn2cc(F)cnc2c1C(=O)Nc1cnccc1O[C@H]1CN2CCC1CC2. The van der Waals surface area contributed by atoms with Crippen LogP contribution in [0.1, 0.15) is 23.2 Å². The summed E-state index contributed by atoms with van der Waals surface area (Å²) in [6, 6.07) is 1.74. The van der Waals surface area contributed by atoms with Gasteiger partial charge in [-0.15, -0.1) is 5.10 Å². The van der Waals surface area contributed by atoms with Crippen LogP contribution in [0.4, 0.5) is 15.9 Å². The normalized spacial score (nSPS) is 23.3. The smallest absolute Gasteiger partial charge is 0.263 e. The number of amides is 1. The van der Waals surface area contributed by atoms with Crippen LogP contribution >= 0.6 is 0 Å². The van der Waals surface area contributed by atoms with Crippen LogP contribution in [0.3, 0.4) is 0 Å². The molecule has 3 N–H and O–H groups in total. The van der Waals surface area contributed by atoms with Crippen LogP contribution in [0.2, 0.25) is 0 Å². The molecule has 1 atom stereocenters. The lowest BCUT2D eigenvalue weighted by Crippen LogP contribution is -2.52. The number of aromatic nitrogens is 4. The number of nitrogen functional groups attached to an aromatic ring is 1. The summed E-state index contributed by atoms with van der Waals surface area (Å²) in [5, 5.41) is 6.74. The number of rotatable bonds is 4. The number of hydrogen-bond donors (Lipinski definition) is 2. The van der Waals surface area contributed by atoms with Crippen molar-refractivity contribution < 1.29 is 13.9 Å². The molecule has 150 valence electrons. The van der Waals surface area contributed by atoms with Gasteiger partial charge < -0.3 is 15.8 Å². The van der Waals surface area contributed by atoms with Gasteiger partial charge in [0.05, 0.1) is 18.6 Å². The number of carbonyl (C=O) groups excluding carboxylic acids is 1. The Bertz CT molecular complexity index is 1080. The number of ether oxygens (including phenoxy) is 1. The summed E-state index contributed by atoms with van der Waals surface area (Å²) in [6.07, 6.45) is 7.62. The molecular weight excluding hydrogens is 377 g/mol. The molecule has 3 aromatic rings. The molecule has 0 unspecified atom stereocenters. The second kappa shape index (κ2) is 6.96. The molecule has 3 aliphatic heterocycles. The van der Waals surface area contributed by atoms with E-state index in [1.807, 2.05) is 0 Å². The van der Waals surface area contributed by atoms with Crippen LogP contribution in [-0.2, 0) is 0 Å². The van der Waals surface area contributed by atoms with E-state index in [0.29, 0.717) is 17.4 Å². The number of carbonyl (C=O) groups is 1. The van der Waals surface area contributed by atoms with E-state index in [1.54, 1.807) is 12.3 Å². The van der Waals surface area contributed by atoms with Crippen LogP contribution in [0, 0.1) is 11.7 Å². The zero-order valence-electron chi connectivity index (χ0n) is 15.6. The summed E-state index contributed by atoms with van der Waals surface area (Å²) in [5.74, 6) is -0.0487. The molecule has 6 rings (SSSR count). The molecule has 2 bridgehead atoms. The molecule has 0 aromatic carbocycles. The highest BCUT2D eigenvalue weighted by Crippen LogP contribution is 2.33. The Morgan fingerprint density at radius 2 is 2.14 bits per heavy atom. The standard InChI is InChI=1S/C19H20FN7O2/c20-12-7-23-18-16(17(21)25-27(18)9-12)19(28)24-13-8-22-4-1-14(13)29-15-10-26-5-2-11(15)3-6-26/h1,4,7-9,11,15H,2-3,5-6,10H2,(H2,21,25)(H,24,28)/t15-/m0/s1. The first-order chi connectivity index (χ1) is 14.1. The highest BCUT2D eigenvalue weighted by Gasteiger charge is 2.36. The molecule has 10 heteroatoms. The number of hydrogen-bond acceptors (Lipinski definition) is 7. The number of halogens is 1. The average molecular weight is 397 g/mol. The molecule has 1 amide bonds. The van der Waals surface area contributed by atoms with Crippen molar-refractivity contribution in [3.8, 4) is 5.75 Å². The molecule has 3 aromatic heterocycles. The van der Waals surface area contributed by atoms with Gasteiger partial charge >= 0.3 is 0 Å². The predicted octanol–water partition coefficient (Wildman–Crippen LogP) is 1.57. The molecule has 0 spiro atoms. The largest absolute Gasteiger partial charge is 0.487 e. The van der Waals surface area contributed by atoms with Gasteiger partial charge in [-0.25, -0.2) is 13.9 Å². The topological polar surface area (TPSA) is 111 Å². The fraction of sp³-hybridized carbons (Fsp3) is 0.368. The van der Waals surface area contributed by atoms with E-state index in [4.69, 9.17) is 10.5 Å². The molecule has 29 heavy (non-hydrogen) atoms. The molecule has 3 fully saturated rings. The van der Waals surface area contributed by atoms with E-state index in [1.165, 1.54) is 6.20 Å². The third-order valence-corrected chi connectivity index (χ3v) is 5.60. The van der Waals surface area contributed by atoms with Crippen LogP contribution in [0.5, 0.6) is 5.75 Å². The number of nitrogens with one attached hydrogen (secondary N) is 1. The van der Waals surface area contributed by atoms with E-state index in [9.17, 15) is 9.18 Å². The maximum Gasteiger partial charge on any atom is 0.263 e. The van der Waals surface area contributed by atoms with E-state index < -0.39 is 11.7 Å². The van der Waals surface area contributed by atoms with Gasteiger partial charge in [0.1, 0.15) is 23.1 Å². The monoisotopic (exact) mass is 397 g/mol. The van der Waals surface area contributed by atoms with E-state index >= 15 is 0 Å². The van der Waals surface area contributed by atoms with Gasteiger partial charge in [0, 0.05) is 18.8 Å². The van der Waals surface area contributed by atoms with E-state index in [2.05, 4.69) is 25.3 Å². The summed E-state index contributed by atoms with van der Waals surface area (Å²) in [4.78, 5) is 23.3. The van der Waals surface area contributed by atoms with Crippen molar-refractivity contribution in [2.75, 3.05) is 30.7 Å². The molecule has 3 saturated heterocycles. The van der Waals surface area contributed by atoms with Gasteiger partial charge in [-0.2, -0.15) is 0 Å². The van der Waals surface area contributed by atoms with Crippen LogP contribution < -0.4 is 15.8 Å². The average Bonchev–Trinajstić information content (AvgIpc) is 3.05. The number of piperidine rings is 3. The lowest BCUT2D eigenvalue weighted by molar-refractivity contribution is -0.00745. The second-order valence-corrected chi connectivity index (χ2v) is 7.42. The van der Waals surface area contributed by atoms with Gasteiger partial charge in [0.2, 0.25) is 0 Å². The number of pyridine rings is 1. The molecule has 9 nitrogen and oxygen atoms in total. The highest BCUT2D eigenvalue weighted by molar-refractivity contribution is 6.11. The minimum Gasteiger partial charge on any atom is -0.487 e. The fourth-order valence-corrected chi connectivity index (χ4v) is 4.12. The minimum atomic E-state index is -0.576. The third-order valence-electron chi connectivity index (χ3n) is 5.60. The Kier molecular flexibility index (Phi) is 4.27. The maximum absolute atomic E-state index is 13.4. The van der Waals surface area contributed by atoms with Crippen molar-refractivity contribution in [2.45, 2.75) is 18.9 Å². The van der Waals surface area contributed by atoms with Crippen LogP contribution in [-0.4, -0.2) is 56.1 Å². The van der Waals surface area contributed by atoms with Crippen LogP contribution in [0.25, 0.3) is 5.65 Å². The lowest BCUT2D eigenvalue weighted by Gasteiger charge is -2.44. The minimum absolute atomic E-state index is 0.0376. The number of anilines is 2. The zero-order valence-corrected chi connectivity index (χ0v) is 15.6. The fourth-order valence-electron chi connectivity index (χ4n) is 4.12. The summed E-state index contributed by atoms with van der Waals surface area (Å²) in [5.41, 5.74) is 6.56. The highest BCUT2D eigenvalue weighted by atomic mass is 19.1. The molecule has 0 saturated carbocycles. The quantitative estimate of drug-likeness (QED) is 0.687. The first-order valence-electron chi connectivity index (χ1n) is 9.52. The summed E-state index contributed by atoms with van der Waals surface area (Å²) in [6.45, 7) is 3.12. The maximum atomic E-state index is 13.4. The Morgan fingerprint density at radius 1 is 1.31 bits per heavy atom. The van der Waals surface area contributed by atoms with Crippen molar-refractivity contribution in [3.05, 3.63) is 42.2 Å². The first kappa shape index (κ1) is 17.8. The Balaban J connectivity index is 1.40. The molecular formula is C19H20FN7O2. The summed E-state index contributed by atoms with van der Waals surface area (Å²) < 4.78 is 20.8. The molecule has 0 aliphatic carbocycles. The third kappa shape index (κ3) is 3.25. The Morgan fingerprint density at radius 3 is 2.90 bits per heavy atom. The van der Waals surface area contributed by atoms with Crippen molar-refractivity contribution >= 4 is 23.1 Å². The molecule has 0 radical (unpaired) electrons. The summed E-state index contributed by atoms with van der Waals surface area (Å²) >= 11 is 0. The Labute approximate surface area is 165 Å². The molecule has 3 aliphatic rings. The number of nitrogens with zero attached hydrogens (tertiary/aromatic N) is 5. The van der Waals surface area contributed by atoms with E-state index in [0.717, 1.165) is 49.4 Å². The van der Waals surface area contributed by atoms with Crippen molar-refractivity contribution in [1.29, 1.82) is 0 Å². The van der Waals surface area contributed by atoms with Gasteiger partial charge in [-0.3, -0.25) is 14.7 Å². The lowest BCUT2D eigenvalue weighted by atomic mass is 9.86. The molecule has 6 heterocycles. The second-order valence-electron chi connectivity index (χ2n) is 7.42. The van der Waals surface area contributed by atoms with Crippen LogP contribution in [0.15, 0.2) is 30.9 Å². The predicted molar refractivity (Wildman–Crippen MR) is 103 cm³/mol. The number of nitrogens with two attached hydrogens (primary N) is 1. The van der Waals surface area contributed by atoms with Gasteiger partial charge in [0.25, 0.3) is 5.91 Å². The van der Waals surface area contributed by atoms with Crippen molar-refractivity contribution in [1.82, 2.24) is 24.5 Å². The van der Waals surface area contributed by atoms with E-state index in [-0.39, 0.29) is 23.1 Å². The van der Waals surface area contributed by atoms with Crippen molar-refractivity contribution in [2.24, 2.45) is 5.92 Å². The Hall–Kier alpha value is -3.27. The van der Waals surface area contributed by atoms with Gasteiger partial charge in [0.15, 0.2) is 17.3 Å². The first-order valence-corrected chi connectivity index (χ1v) is 9.52. The van der Waals surface area contributed by atoms with Gasteiger partial charge in [-0.1, -0.05) is 0 Å². The van der Waals surface area contributed by atoms with Crippen molar-refractivity contribution in [3.63, 3.8) is 0 Å². The zero-order chi connectivity index (χ0) is 20.0.